The number of guanidine groups is 1. The minimum atomic E-state index is 0. The first-order valence-corrected chi connectivity index (χ1v) is 8.99. The summed E-state index contributed by atoms with van der Waals surface area (Å²) in [7, 11) is 1.71. The number of anilines is 1. The van der Waals surface area contributed by atoms with Crippen molar-refractivity contribution >= 4 is 35.6 Å². The molecular formula is C18H30IN5O. The lowest BCUT2D eigenvalue weighted by atomic mass is 10.2. The Morgan fingerprint density at radius 2 is 1.92 bits per heavy atom. The lowest BCUT2D eigenvalue weighted by molar-refractivity contribution is 0.255. The van der Waals surface area contributed by atoms with E-state index in [2.05, 4.69) is 37.6 Å². The van der Waals surface area contributed by atoms with E-state index < -0.39 is 0 Å². The molecule has 140 valence electrons. The summed E-state index contributed by atoms with van der Waals surface area (Å²) in [6, 6.07) is 8.37. The van der Waals surface area contributed by atoms with E-state index in [1.165, 1.54) is 5.69 Å². The van der Waals surface area contributed by atoms with Gasteiger partial charge in [-0.2, -0.15) is 0 Å². The molecule has 3 rings (SSSR count). The fourth-order valence-corrected chi connectivity index (χ4v) is 3.18. The minimum Gasteiger partial charge on any atom is -0.497 e. The first-order chi connectivity index (χ1) is 11.8. The Hall–Kier alpha value is -1.22. The molecule has 0 unspecified atom stereocenters. The SMILES string of the molecule is COc1ccc(N2CCN(CCCNC3=NCCCN3)CC2)cc1.I. The van der Waals surface area contributed by atoms with Crippen LogP contribution in [0.5, 0.6) is 5.75 Å². The fourth-order valence-electron chi connectivity index (χ4n) is 3.18. The Bertz CT molecular complexity index is 529. The highest BCUT2D eigenvalue weighted by molar-refractivity contribution is 14.0. The van der Waals surface area contributed by atoms with E-state index in [9.17, 15) is 0 Å². The maximum absolute atomic E-state index is 5.23. The van der Waals surface area contributed by atoms with Gasteiger partial charge in [0.05, 0.1) is 7.11 Å². The highest BCUT2D eigenvalue weighted by Crippen LogP contribution is 2.20. The molecule has 7 heteroatoms. The number of hydrogen-bond acceptors (Lipinski definition) is 6. The van der Waals surface area contributed by atoms with E-state index in [0.717, 1.165) is 76.9 Å². The Morgan fingerprint density at radius 1 is 1.16 bits per heavy atom. The first-order valence-electron chi connectivity index (χ1n) is 8.99. The number of aliphatic imine (C=N–C) groups is 1. The highest BCUT2D eigenvalue weighted by atomic mass is 127. The molecule has 1 aromatic rings. The van der Waals surface area contributed by atoms with Crippen molar-refractivity contribution in [2.45, 2.75) is 12.8 Å². The van der Waals surface area contributed by atoms with E-state index in [-0.39, 0.29) is 24.0 Å². The van der Waals surface area contributed by atoms with Crippen LogP contribution in [0.2, 0.25) is 0 Å². The molecule has 0 atom stereocenters. The molecule has 25 heavy (non-hydrogen) atoms. The number of nitrogens with one attached hydrogen (secondary N) is 2. The third-order valence-electron chi connectivity index (χ3n) is 4.65. The minimum absolute atomic E-state index is 0. The molecule has 2 N–H and O–H groups in total. The monoisotopic (exact) mass is 459 g/mol. The van der Waals surface area contributed by atoms with Crippen molar-refractivity contribution in [3.63, 3.8) is 0 Å². The first kappa shape index (κ1) is 20.1. The van der Waals surface area contributed by atoms with Gasteiger partial charge in [-0.15, -0.1) is 24.0 Å². The van der Waals surface area contributed by atoms with E-state index in [1.807, 2.05) is 12.1 Å². The number of methoxy groups -OCH3 is 1. The average molecular weight is 459 g/mol. The molecule has 1 aromatic carbocycles. The van der Waals surface area contributed by atoms with Crippen molar-refractivity contribution in [1.29, 1.82) is 0 Å². The maximum Gasteiger partial charge on any atom is 0.191 e. The van der Waals surface area contributed by atoms with Crippen LogP contribution in [0.3, 0.4) is 0 Å². The van der Waals surface area contributed by atoms with E-state index in [4.69, 9.17) is 4.74 Å². The average Bonchev–Trinajstić information content (AvgIpc) is 2.67. The van der Waals surface area contributed by atoms with Crippen molar-refractivity contribution in [2.75, 3.05) is 64.4 Å². The number of ether oxygens (including phenoxy) is 1. The number of piperazine rings is 1. The van der Waals surface area contributed by atoms with Crippen molar-refractivity contribution in [2.24, 2.45) is 4.99 Å². The van der Waals surface area contributed by atoms with Crippen LogP contribution in [0.15, 0.2) is 29.3 Å². The molecule has 2 aliphatic rings. The summed E-state index contributed by atoms with van der Waals surface area (Å²) in [5, 5.41) is 6.70. The van der Waals surface area contributed by atoms with E-state index >= 15 is 0 Å². The molecule has 1 saturated heterocycles. The van der Waals surface area contributed by atoms with Crippen LogP contribution >= 0.6 is 24.0 Å². The standard InChI is InChI=1S/C18H29N5O.HI/c1-24-17-6-4-16(5-7-17)23-14-12-22(13-15-23)11-3-10-21-18-19-8-2-9-20-18;/h4-7H,2-3,8-15H2,1H3,(H2,19,20,21);1H. The Morgan fingerprint density at radius 3 is 2.56 bits per heavy atom. The van der Waals surface area contributed by atoms with Gasteiger partial charge in [0.1, 0.15) is 5.75 Å². The third-order valence-corrected chi connectivity index (χ3v) is 4.65. The predicted molar refractivity (Wildman–Crippen MR) is 115 cm³/mol. The van der Waals surface area contributed by atoms with Gasteiger partial charge >= 0.3 is 0 Å². The second kappa shape index (κ2) is 10.7. The lowest BCUT2D eigenvalue weighted by Gasteiger charge is -2.36. The zero-order chi connectivity index (χ0) is 16.6. The number of nitrogens with zero attached hydrogens (tertiary/aromatic N) is 3. The van der Waals surface area contributed by atoms with Gasteiger partial charge in [-0.25, -0.2) is 0 Å². The molecule has 0 bridgehead atoms. The summed E-state index contributed by atoms with van der Waals surface area (Å²) in [6.45, 7) is 8.57. The molecule has 0 aliphatic carbocycles. The summed E-state index contributed by atoms with van der Waals surface area (Å²) in [4.78, 5) is 9.44. The molecule has 6 nitrogen and oxygen atoms in total. The molecule has 0 radical (unpaired) electrons. The zero-order valence-corrected chi connectivity index (χ0v) is 17.4. The van der Waals surface area contributed by atoms with Crippen LogP contribution in [0.1, 0.15) is 12.8 Å². The topological polar surface area (TPSA) is 52.1 Å². The number of halogens is 1. The van der Waals surface area contributed by atoms with Crippen molar-refractivity contribution in [3.8, 4) is 5.75 Å². The van der Waals surface area contributed by atoms with Crippen LogP contribution in [0.25, 0.3) is 0 Å². The van der Waals surface area contributed by atoms with Gasteiger partial charge in [0.2, 0.25) is 0 Å². The largest absolute Gasteiger partial charge is 0.497 e. The van der Waals surface area contributed by atoms with E-state index in [0.29, 0.717) is 0 Å². The second-order valence-electron chi connectivity index (χ2n) is 6.32. The fraction of sp³-hybridized carbons (Fsp3) is 0.611. The van der Waals surface area contributed by atoms with Crippen LogP contribution in [-0.2, 0) is 0 Å². The number of hydrogen-bond donors (Lipinski definition) is 2. The molecular weight excluding hydrogens is 429 g/mol. The van der Waals surface area contributed by atoms with Crippen LogP contribution < -0.4 is 20.3 Å². The summed E-state index contributed by atoms with van der Waals surface area (Å²) < 4.78 is 5.23. The Kier molecular flexibility index (Phi) is 8.60. The maximum atomic E-state index is 5.23. The van der Waals surface area contributed by atoms with Gasteiger partial charge in [0.15, 0.2) is 5.96 Å². The summed E-state index contributed by atoms with van der Waals surface area (Å²) in [6.07, 6.45) is 2.30. The molecule has 0 aromatic heterocycles. The molecule has 0 saturated carbocycles. The summed E-state index contributed by atoms with van der Waals surface area (Å²) >= 11 is 0. The lowest BCUT2D eigenvalue weighted by Crippen LogP contribution is -2.47. The van der Waals surface area contributed by atoms with Crippen molar-refractivity contribution in [1.82, 2.24) is 15.5 Å². The van der Waals surface area contributed by atoms with Gasteiger partial charge in [0, 0.05) is 51.5 Å². The molecule has 1 fully saturated rings. The van der Waals surface area contributed by atoms with Crippen LogP contribution in [-0.4, -0.2) is 70.3 Å². The number of benzene rings is 1. The molecule has 0 spiro atoms. The molecule has 0 amide bonds. The summed E-state index contributed by atoms with van der Waals surface area (Å²) in [5.41, 5.74) is 1.29. The van der Waals surface area contributed by atoms with Gasteiger partial charge in [-0.3, -0.25) is 9.89 Å². The predicted octanol–water partition coefficient (Wildman–Crippen LogP) is 1.76. The van der Waals surface area contributed by atoms with Gasteiger partial charge in [-0.05, 0) is 43.7 Å². The van der Waals surface area contributed by atoms with Gasteiger partial charge in [0.25, 0.3) is 0 Å². The van der Waals surface area contributed by atoms with Gasteiger partial charge in [-0.1, -0.05) is 0 Å². The Balaban J connectivity index is 0.00000225. The Labute approximate surface area is 168 Å². The van der Waals surface area contributed by atoms with E-state index in [1.54, 1.807) is 7.11 Å². The van der Waals surface area contributed by atoms with Gasteiger partial charge < -0.3 is 20.3 Å². The smallest absolute Gasteiger partial charge is 0.191 e. The zero-order valence-electron chi connectivity index (χ0n) is 15.0. The van der Waals surface area contributed by atoms with Crippen LogP contribution in [0, 0.1) is 0 Å². The highest BCUT2D eigenvalue weighted by Gasteiger charge is 2.16. The second-order valence-corrected chi connectivity index (χ2v) is 6.32. The van der Waals surface area contributed by atoms with Crippen LogP contribution in [0.4, 0.5) is 5.69 Å². The van der Waals surface area contributed by atoms with Crippen molar-refractivity contribution < 1.29 is 4.74 Å². The molecule has 2 aliphatic heterocycles. The quantitative estimate of drug-likeness (QED) is 0.502. The van der Waals surface area contributed by atoms with Crippen molar-refractivity contribution in [3.05, 3.63) is 24.3 Å². The molecule has 2 heterocycles. The number of rotatable bonds is 6. The third kappa shape index (κ3) is 6.22. The summed E-state index contributed by atoms with van der Waals surface area (Å²) in [5.74, 6) is 1.90. The normalized spacial score (nSPS) is 18.0.